The van der Waals surface area contributed by atoms with Crippen LogP contribution in [0.25, 0.3) is 11.2 Å². The lowest BCUT2D eigenvalue weighted by Gasteiger charge is -2.10. The molecular formula is C11H16N4. The third-order valence-corrected chi connectivity index (χ3v) is 2.64. The van der Waals surface area contributed by atoms with Crippen molar-refractivity contribution in [3.05, 3.63) is 24.2 Å². The second-order valence-corrected chi connectivity index (χ2v) is 3.70. The van der Waals surface area contributed by atoms with E-state index >= 15 is 0 Å². The van der Waals surface area contributed by atoms with Crippen LogP contribution < -0.4 is 5.73 Å². The van der Waals surface area contributed by atoms with Crippen molar-refractivity contribution < 1.29 is 0 Å². The Kier molecular flexibility index (Phi) is 2.68. The average Bonchev–Trinajstić information content (AvgIpc) is 2.66. The van der Waals surface area contributed by atoms with Crippen molar-refractivity contribution in [3.8, 4) is 0 Å². The Morgan fingerprint density at radius 1 is 1.53 bits per heavy atom. The van der Waals surface area contributed by atoms with Crippen LogP contribution in [0.1, 0.15) is 25.6 Å². The molecule has 80 valence electrons. The van der Waals surface area contributed by atoms with Crippen molar-refractivity contribution in [1.29, 1.82) is 0 Å². The first-order chi connectivity index (χ1) is 7.27. The number of pyridine rings is 1. The number of imidazole rings is 1. The molecule has 0 aliphatic carbocycles. The fraction of sp³-hybridized carbons (Fsp3) is 0.455. The van der Waals surface area contributed by atoms with Gasteiger partial charge < -0.3 is 10.3 Å². The molecule has 15 heavy (non-hydrogen) atoms. The number of nitrogens with zero attached hydrogens (tertiary/aromatic N) is 3. The Balaban J connectivity index is 2.63. The van der Waals surface area contributed by atoms with Crippen LogP contribution in [-0.2, 0) is 6.54 Å². The van der Waals surface area contributed by atoms with Crippen molar-refractivity contribution >= 4 is 11.2 Å². The van der Waals surface area contributed by atoms with Gasteiger partial charge >= 0.3 is 0 Å². The normalized spacial score (nSPS) is 13.3. The van der Waals surface area contributed by atoms with Gasteiger partial charge in [-0.15, -0.1) is 0 Å². The standard InChI is InChI=1S/C11H16N4/c1-3-15-10(8(2)7-12)14-9-5-4-6-13-11(9)15/h4-6,8H,3,7,12H2,1-2H3. The van der Waals surface area contributed by atoms with E-state index in [1.165, 1.54) is 0 Å². The van der Waals surface area contributed by atoms with Crippen molar-refractivity contribution in [2.75, 3.05) is 6.54 Å². The van der Waals surface area contributed by atoms with Crippen LogP contribution in [0, 0.1) is 0 Å². The van der Waals surface area contributed by atoms with Crippen LogP contribution in [0.2, 0.25) is 0 Å². The summed E-state index contributed by atoms with van der Waals surface area (Å²) in [7, 11) is 0. The fourth-order valence-corrected chi connectivity index (χ4v) is 1.77. The van der Waals surface area contributed by atoms with Gasteiger partial charge in [0, 0.05) is 25.2 Å². The van der Waals surface area contributed by atoms with E-state index in [2.05, 4.69) is 28.4 Å². The predicted molar refractivity (Wildman–Crippen MR) is 60.7 cm³/mol. The molecule has 2 heterocycles. The quantitative estimate of drug-likeness (QED) is 0.824. The summed E-state index contributed by atoms with van der Waals surface area (Å²) in [5.41, 5.74) is 7.58. The summed E-state index contributed by atoms with van der Waals surface area (Å²) >= 11 is 0. The summed E-state index contributed by atoms with van der Waals surface area (Å²) < 4.78 is 2.13. The molecule has 2 rings (SSSR count). The van der Waals surface area contributed by atoms with Gasteiger partial charge in [0.1, 0.15) is 11.3 Å². The number of aromatic nitrogens is 3. The zero-order valence-corrected chi connectivity index (χ0v) is 9.14. The molecule has 0 bridgehead atoms. The molecule has 2 aromatic heterocycles. The first-order valence-electron chi connectivity index (χ1n) is 5.29. The third-order valence-electron chi connectivity index (χ3n) is 2.64. The lowest BCUT2D eigenvalue weighted by atomic mass is 10.2. The van der Waals surface area contributed by atoms with Crippen LogP contribution in [0.4, 0.5) is 0 Å². The molecule has 0 aliphatic heterocycles. The van der Waals surface area contributed by atoms with Crippen molar-refractivity contribution in [2.45, 2.75) is 26.3 Å². The monoisotopic (exact) mass is 204 g/mol. The summed E-state index contributed by atoms with van der Waals surface area (Å²) in [5, 5.41) is 0. The molecule has 2 N–H and O–H groups in total. The zero-order valence-electron chi connectivity index (χ0n) is 9.14. The van der Waals surface area contributed by atoms with E-state index in [9.17, 15) is 0 Å². The van der Waals surface area contributed by atoms with Gasteiger partial charge in [0.05, 0.1) is 0 Å². The minimum atomic E-state index is 0.277. The Hall–Kier alpha value is -1.42. The summed E-state index contributed by atoms with van der Waals surface area (Å²) in [6, 6.07) is 3.90. The van der Waals surface area contributed by atoms with Gasteiger partial charge in [-0.2, -0.15) is 0 Å². The Labute approximate surface area is 89.1 Å². The Bertz CT molecular complexity index is 461. The minimum Gasteiger partial charge on any atom is -0.330 e. The molecule has 4 heteroatoms. The lowest BCUT2D eigenvalue weighted by molar-refractivity contribution is 0.635. The molecule has 0 radical (unpaired) electrons. The highest BCUT2D eigenvalue weighted by Gasteiger charge is 2.14. The van der Waals surface area contributed by atoms with Crippen LogP contribution in [-0.4, -0.2) is 21.1 Å². The van der Waals surface area contributed by atoms with Gasteiger partial charge in [-0.3, -0.25) is 0 Å². The number of aryl methyl sites for hydroxylation is 1. The largest absolute Gasteiger partial charge is 0.330 e. The van der Waals surface area contributed by atoms with Crippen LogP contribution in [0.3, 0.4) is 0 Å². The summed E-state index contributed by atoms with van der Waals surface area (Å²) in [5.74, 6) is 1.31. The fourth-order valence-electron chi connectivity index (χ4n) is 1.77. The maximum Gasteiger partial charge on any atom is 0.159 e. The van der Waals surface area contributed by atoms with Crippen molar-refractivity contribution in [3.63, 3.8) is 0 Å². The molecular weight excluding hydrogens is 188 g/mol. The number of fused-ring (bicyclic) bond motifs is 1. The summed E-state index contributed by atoms with van der Waals surface area (Å²) in [6.45, 7) is 5.69. The molecule has 2 aromatic rings. The second kappa shape index (κ2) is 3.98. The van der Waals surface area contributed by atoms with Gasteiger partial charge in [-0.25, -0.2) is 9.97 Å². The number of hydrogen-bond acceptors (Lipinski definition) is 3. The lowest BCUT2D eigenvalue weighted by Crippen LogP contribution is -2.14. The minimum absolute atomic E-state index is 0.277. The van der Waals surface area contributed by atoms with E-state index in [0.29, 0.717) is 6.54 Å². The molecule has 0 fully saturated rings. The molecule has 0 aromatic carbocycles. The first kappa shape index (κ1) is 10.1. The van der Waals surface area contributed by atoms with E-state index < -0.39 is 0 Å². The molecule has 0 spiro atoms. The van der Waals surface area contributed by atoms with Gasteiger partial charge in [0.15, 0.2) is 5.65 Å². The second-order valence-electron chi connectivity index (χ2n) is 3.70. The molecule has 0 saturated heterocycles. The molecule has 0 saturated carbocycles. The molecule has 0 aliphatic rings. The Morgan fingerprint density at radius 2 is 2.33 bits per heavy atom. The summed E-state index contributed by atoms with van der Waals surface area (Å²) in [4.78, 5) is 8.92. The number of rotatable bonds is 3. The molecule has 1 atom stereocenters. The highest BCUT2D eigenvalue weighted by atomic mass is 15.1. The van der Waals surface area contributed by atoms with E-state index in [-0.39, 0.29) is 5.92 Å². The van der Waals surface area contributed by atoms with Crippen LogP contribution >= 0.6 is 0 Å². The predicted octanol–water partition coefficient (Wildman–Crippen LogP) is 1.51. The SMILES string of the molecule is CCn1c(C(C)CN)nc2cccnc21. The van der Waals surface area contributed by atoms with Crippen LogP contribution in [0.5, 0.6) is 0 Å². The maximum atomic E-state index is 5.68. The van der Waals surface area contributed by atoms with E-state index in [1.54, 1.807) is 6.20 Å². The highest BCUT2D eigenvalue weighted by Crippen LogP contribution is 2.19. The molecule has 4 nitrogen and oxygen atoms in total. The van der Waals surface area contributed by atoms with Gasteiger partial charge in [-0.1, -0.05) is 6.92 Å². The van der Waals surface area contributed by atoms with E-state index in [1.807, 2.05) is 12.1 Å². The molecule has 1 unspecified atom stereocenters. The number of hydrogen-bond donors (Lipinski definition) is 1. The number of nitrogens with two attached hydrogens (primary N) is 1. The Morgan fingerprint density at radius 3 is 3.00 bits per heavy atom. The van der Waals surface area contributed by atoms with Crippen molar-refractivity contribution in [2.24, 2.45) is 5.73 Å². The highest BCUT2D eigenvalue weighted by molar-refractivity contribution is 5.71. The van der Waals surface area contributed by atoms with E-state index in [4.69, 9.17) is 5.73 Å². The molecule has 0 amide bonds. The average molecular weight is 204 g/mol. The zero-order chi connectivity index (χ0) is 10.8. The topological polar surface area (TPSA) is 56.7 Å². The first-order valence-corrected chi connectivity index (χ1v) is 5.29. The van der Waals surface area contributed by atoms with Gasteiger partial charge in [-0.05, 0) is 19.1 Å². The third kappa shape index (κ3) is 1.61. The van der Waals surface area contributed by atoms with Gasteiger partial charge in [0.25, 0.3) is 0 Å². The maximum absolute atomic E-state index is 5.68. The van der Waals surface area contributed by atoms with Crippen molar-refractivity contribution in [1.82, 2.24) is 14.5 Å². The smallest absolute Gasteiger partial charge is 0.159 e. The van der Waals surface area contributed by atoms with Crippen LogP contribution in [0.15, 0.2) is 18.3 Å². The summed E-state index contributed by atoms with van der Waals surface area (Å²) in [6.07, 6.45) is 1.80. The van der Waals surface area contributed by atoms with E-state index in [0.717, 1.165) is 23.5 Å². The van der Waals surface area contributed by atoms with Gasteiger partial charge in [0.2, 0.25) is 0 Å².